The lowest BCUT2D eigenvalue weighted by Gasteiger charge is -2.26. The summed E-state index contributed by atoms with van der Waals surface area (Å²) < 4.78 is 5.87. The Morgan fingerprint density at radius 2 is 2.00 bits per heavy atom. The van der Waals surface area contributed by atoms with E-state index in [4.69, 9.17) is 4.74 Å². The Labute approximate surface area is 114 Å². The number of ether oxygens (including phenoxy) is 1. The number of fused-ring (bicyclic) bond motifs is 1. The van der Waals surface area contributed by atoms with Gasteiger partial charge in [-0.05, 0) is 57.1 Å². The largest absolute Gasteiger partial charge is 0.492 e. The highest BCUT2D eigenvalue weighted by atomic mass is 16.5. The molecule has 0 spiro atoms. The molecule has 1 aliphatic rings. The molecule has 0 unspecified atom stereocenters. The van der Waals surface area contributed by atoms with Gasteiger partial charge in [0.1, 0.15) is 12.4 Å². The quantitative estimate of drug-likeness (QED) is 0.911. The number of hydrogen-bond donors (Lipinski definition) is 1. The molecule has 1 fully saturated rings. The van der Waals surface area contributed by atoms with Crippen molar-refractivity contribution in [2.45, 2.75) is 26.2 Å². The van der Waals surface area contributed by atoms with Crippen molar-refractivity contribution >= 4 is 10.9 Å². The maximum Gasteiger partial charge on any atom is 0.120 e. The van der Waals surface area contributed by atoms with E-state index in [0.717, 1.165) is 18.9 Å². The Morgan fingerprint density at radius 3 is 2.84 bits per heavy atom. The van der Waals surface area contributed by atoms with Gasteiger partial charge >= 0.3 is 0 Å². The van der Waals surface area contributed by atoms with Gasteiger partial charge in [0, 0.05) is 23.1 Å². The van der Waals surface area contributed by atoms with Crippen LogP contribution in [-0.2, 0) is 0 Å². The van der Waals surface area contributed by atoms with E-state index in [-0.39, 0.29) is 0 Å². The zero-order valence-corrected chi connectivity index (χ0v) is 11.6. The fraction of sp³-hybridized carbons (Fsp3) is 0.500. The summed E-state index contributed by atoms with van der Waals surface area (Å²) in [7, 11) is 0. The number of nitrogens with zero attached hydrogens (tertiary/aromatic N) is 1. The number of aromatic nitrogens is 1. The Kier molecular flexibility index (Phi) is 3.74. The number of hydrogen-bond acceptors (Lipinski definition) is 2. The summed E-state index contributed by atoms with van der Waals surface area (Å²) >= 11 is 0. The highest BCUT2D eigenvalue weighted by Crippen LogP contribution is 2.21. The van der Waals surface area contributed by atoms with Crippen LogP contribution in [0.2, 0.25) is 0 Å². The van der Waals surface area contributed by atoms with E-state index in [1.807, 2.05) is 0 Å². The summed E-state index contributed by atoms with van der Waals surface area (Å²) in [5.41, 5.74) is 2.38. The van der Waals surface area contributed by atoms with Crippen molar-refractivity contribution in [3.8, 4) is 5.75 Å². The number of aromatic amines is 1. The molecule has 0 atom stereocenters. The first-order valence-electron chi connectivity index (χ1n) is 7.26. The predicted molar refractivity (Wildman–Crippen MR) is 78.8 cm³/mol. The van der Waals surface area contributed by atoms with Gasteiger partial charge in [-0.3, -0.25) is 4.90 Å². The van der Waals surface area contributed by atoms with Crippen molar-refractivity contribution in [1.29, 1.82) is 0 Å². The molecule has 1 aliphatic heterocycles. The van der Waals surface area contributed by atoms with Crippen molar-refractivity contribution < 1.29 is 4.74 Å². The van der Waals surface area contributed by atoms with E-state index in [1.165, 1.54) is 48.9 Å². The molecular formula is C16H22N2O. The van der Waals surface area contributed by atoms with E-state index < -0.39 is 0 Å². The van der Waals surface area contributed by atoms with Crippen LogP contribution in [0.15, 0.2) is 24.3 Å². The summed E-state index contributed by atoms with van der Waals surface area (Å²) in [6.07, 6.45) is 4.07. The lowest BCUT2D eigenvalue weighted by Crippen LogP contribution is -2.33. The van der Waals surface area contributed by atoms with Crippen molar-refractivity contribution in [3.63, 3.8) is 0 Å². The first-order chi connectivity index (χ1) is 9.31. The van der Waals surface area contributed by atoms with Crippen LogP contribution >= 0.6 is 0 Å². The topological polar surface area (TPSA) is 28.3 Å². The smallest absolute Gasteiger partial charge is 0.120 e. The SMILES string of the molecule is Cc1cc2cc(OCCN3CCCCC3)ccc2[nH]1. The maximum absolute atomic E-state index is 5.87. The fourth-order valence-electron chi connectivity index (χ4n) is 2.82. The number of aryl methyl sites for hydroxylation is 1. The van der Waals surface area contributed by atoms with Gasteiger partial charge in [0.2, 0.25) is 0 Å². The van der Waals surface area contributed by atoms with Crippen LogP contribution in [0, 0.1) is 6.92 Å². The molecule has 1 N–H and O–H groups in total. The average Bonchev–Trinajstić information content (AvgIpc) is 2.79. The van der Waals surface area contributed by atoms with E-state index in [0.29, 0.717) is 0 Å². The fourth-order valence-corrected chi connectivity index (χ4v) is 2.82. The van der Waals surface area contributed by atoms with Crippen LogP contribution in [0.25, 0.3) is 10.9 Å². The molecule has 102 valence electrons. The molecule has 2 heterocycles. The third-order valence-corrected chi connectivity index (χ3v) is 3.85. The van der Waals surface area contributed by atoms with Gasteiger partial charge in [-0.15, -0.1) is 0 Å². The highest BCUT2D eigenvalue weighted by molar-refractivity contribution is 5.81. The number of likely N-dealkylation sites (tertiary alicyclic amines) is 1. The number of benzene rings is 1. The summed E-state index contributed by atoms with van der Waals surface area (Å²) in [5, 5.41) is 1.23. The molecule has 3 rings (SSSR count). The summed E-state index contributed by atoms with van der Waals surface area (Å²) in [5.74, 6) is 0.975. The molecule has 2 aromatic rings. The molecule has 0 amide bonds. The Hall–Kier alpha value is -1.48. The summed E-state index contributed by atoms with van der Waals surface area (Å²) in [6, 6.07) is 8.43. The molecule has 0 aliphatic carbocycles. The van der Waals surface area contributed by atoms with E-state index >= 15 is 0 Å². The number of H-pyrrole nitrogens is 1. The van der Waals surface area contributed by atoms with E-state index in [2.05, 4.69) is 41.1 Å². The second-order valence-electron chi connectivity index (χ2n) is 5.45. The van der Waals surface area contributed by atoms with Crippen molar-refractivity contribution in [2.24, 2.45) is 0 Å². The molecule has 1 saturated heterocycles. The average molecular weight is 258 g/mol. The van der Waals surface area contributed by atoms with Gasteiger partial charge < -0.3 is 9.72 Å². The van der Waals surface area contributed by atoms with Gasteiger partial charge in [-0.2, -0.15) is 0 Å². The number of piperidine rings is 1. The molecule has 3 nitrogen and oxygen atoms in total. The first-order valence-corrected chi connectivity index (χ1v) is 7.26. The minimum atomic E-state index is 0.787. The van der Waals surface area contributed by atoms with Crippen molar-refractivity contribution in [1.82, 2.24) is 9.88 Å². The normalized spacial score (nSPS) is 16.9. The Bertz CT molecular complexity index is 541. The lowest BCUT2D eigenvalue weighted by molar-refractivity contribution is 0.183. The second-order valence-corrected chi connectivity index (χ2v) is 5.45. The summed E-state index contributed by atoms with van der Waals surface area (Å²) in [4.78, 5) is 5.83. The number of nitrogens with one attached hydrogen (secondary N) is 1. The van der Waals surface area contributed by atoms with Gasteiger partial charge in [0.25, 0.3) is 0 Å². The third-order valence-electron chi connectivity index (χ3n) is 3.85. The number of rotatable bonds is 4. The first kappa shape index (κ1) is 12.5. The highest BCUT2D eigenvalue weighted by Gasteiger charge is 2.09. The van der Waals surface area contributed by atoms with Crippen LogP contribution in [0.3, 0.4) is 0 Å². The zero-order valence-electron chi connectivity index (χ0n) is 11.6. The standard InChI is InChI=1S/C16H22N2O/c1-13-11-14-12-15(5-6-16(14)17-13)19-10-9-18-7-3-2-4-8-18/h5-6,11-12,17H,2-4,7-10H2,1H3. The van der Waals surface area contributed by atoms with Crippen molar-refractivity contribution in [3.05, 3.63) is 30.0 Å². The summed E-state index contributed by atoms with van der Waals surface area (Å²) in [6.45, 7) is 6.38. The zero-order chi connectivity index (χ0) is 13.1. The van der Waals surface area contributed by atoms with Gasteiger partial charge in [-0.25, -0.2) is 0 Å². The molecule has 0 saturated carbocycles. The molecule has 0 radical (unpaired) electrons. The van der Waals surface area contributed by atoms with Crippen molar-refractivity contribution in [2.75, 3.05) is 26.2 Å². The van der Waals surface area contributed by atoms with E-state index in [1.54, 1.807) is 0 Å². The molecule has 3 heteroatoms. The molecule has 1 aromatic carbocycles. The monoisotopic (exact) mass is 258 g/mol. The van der Waals surface area contributed by atoms with E-state index in [9.17, 15) is 0 Å². The van der Waals surface area contributed by atoms with Crippen LogP contribution in [0.5, 0.6) is 5.75 Å². The van der Waals surface area contributed by atoms with Gasteiger partial charge in [0.15, 0.2) is 0 Å². The molecule has 19 heavy (non-hydrogen) atoms. The Balaban J connectivity index is 1.55. The Morgan fingerprint density at radius 1 is 1.16 bits per heavy atom. The van der Waals surface area contributed by atoms with Crippen LogP contribution in [0.1, 0.15) is 25.0 Å². The van der Waals surface area contributed by atoms with Crippen LogP contribution in [0.4, 0.5) is 0 Å². The van der Waals surface area contributed by atoms with Crippen LogP contribution < -0.4 is 4.74 Å². The van der Waals surface area contributed by atoms with Gasteiger partial charge in [0.05, 0.1) is 0 Å². The third kappa shape index (κ3) is 3.10. The minimum Gasteiger partial charge on any atom is -0.492 e. The molecule has 1 aromatic heterocycles. The second kappa shape index (κ2) is 5.66. The predicted octanol–water partition coefficient (Wildman–Crippen LogP) is 3.34. The molecule has 0 bridgehead atoms. The maximum atomic E-state index is 5.87. The van der Waals surface area contributed by atoms with Crippen LogP contribution in [-0.4, -0.2) is 36.1 Å². The molecular weight excluding hydrogens is 236 g/mol. The minimum absolute atomic E-state index is 0.787. The lowest BCUT2D eigenvalue weighted by atomic mass is 10.1. The van der Waals surface area contributed by atoms with Gasteiger partial charge in [-0.1, -0.05) is 6.42 Å².